The van der Waals surface area contributed by atoms with E-state index in [9.17, 15) is 13.2 Å². The summed E-state index contributed by atoms with van der Waals surface area (Å²) in [6, 6.07) is 14.0. The number of rotatable bonds is 6. The van der Waals surface area contributed by atoms with Crippen LogP contribution in [-0.2, 0) is 23.0 Å². The van der Waals surface area contributed by atoms with Gasteiger partial charge in [-0.25, -0.2) is 23.5 Å². The van der Waals surface area contributed by atoms with Crippen LogP contribution in [0.3, 0.4) is 0 Å². The summed E-state index contributed by atoms with van der Waals surface area (Å²) in [4.78, 5) is 22.4. The number of nitrogens with zero attached hydrogens (tertiary/aromatic N) is 3. The van der Waals surface area contributed by atoms with Gasteiger partial charge in [0.25, 0.3) is 5.91 Å². The summed E-state index contributed by atoms with van der Waals surface area (Å²) in [5, 5.41) is 8.16. The second-order valence-electron chi connectivity index (χ2n) is 7.98. The van der Waals surface area contributed by atoms with Gasteiger partial charge < -0.3 is 15.6 Å². The van der Waals surface area contributed by atoms with Crippen LogP contribution in [0.2, 0.25) is 0 Å². The number of anilines is 1. The molecule has 2 heterocycles. The van der Waals surface area contributed by atoms with Crippen molar-refractivity contribution in [1.29, 1.82) is 0 Å². The third-order valence-electron chi connectivity index (χ3n) is 5.61. The summed E-state index contributed by atoms with van der Waals surface area (Å²) in [6.45, 7) is 0.445. The molecular weight excluding hydrogens is 428 g/mol. The molecular formula is C22H22N6O3S. The van der Waals surface area contributed by atoms with Crippen LogP contribution in [-0.4, -0.2) is 34.9 Å². The van der Waals surface area contributed by atoms with Crippen LogP contribution in [0, 0.1) is 0 Å². The van der Waals surface area contributed by atoms with Gasteiger partial charge in [-0.1, -0.05) is 24.3 Å². The van der Waals surface area contributed by atoms with E-state index in [2.05, 4.69) is 5.32 Å². The van der Waals surface area contributed by atoms with E-state index in [1.165, 1.54) is 12.1 Å². The van der Waals surface area contributed by atoms with E-state index < -0.39 is 10.0 Å². The van der Waals surface area contributed by atoms with Gasteiger partial charge in [0.05, 0.1) is 15.9 Å². The molecule has 10 heteroatoms. The molecule has 0 atom stereocenters. The van der Waals surface area contributed by atoms with Crippen molar-refractivity contribution >= 4 is 43.9 Å². The number of fused-ring (bicyclic) bond motifs is 2. The molecule has 1 saturated carbocycles. The number of para-hydroxylation sites is 2. The maximum absolute atomic E-state index is 12.9. The molecule has 0 bridgehead atoms. The Morgan fingerprint density at radius 2 is 1.72 bits per heavy atom. The highest BCUT2D eigenvalue weighted by molar-refractivity contribution is 7.89. The molecule has 164 valence electrons. The first-order valence-corrected chi connectivity index (χ1v) is 11.8. The minimum absolute atomic E-state index is 0.0588. The topological polar surface area (TPSA) is 146 Å². The first kappa shape index (κ1) is 20.4. The molecule has 0 radical (unpaired) electrons. The van der Waals surface area contributed by atoms with Gasteiger partial charge in [-0.3, -0.25) is 4.79 Å². The smallest absolute Gasteiger partial charge is 0.257 e. The van der Waals surface area contributed by atoms with Gasteiger partial charge in [0.15, 0.2) is 5.65 Å². The van der Waals surface area contributed by atoms with Gasteiger partial charge in [-0.05, 0) is 49.1 Å². The number of nitrogens with one attached hydrogen (secondary N) is 1. The fraction of sp³-hybridized carbons (Fsp3) is 0.227. The van der Waals surface area contributed by atoms with Gasteiger partial charge in [0.1, 0.15) is 16.9 Å². The maximum atomic E-state index is 12.9. The van der Waals surface area contributed by atoms with Crippen molar-refractivity contribution in [2.45, 2.75) is 36.7 Å². The van der Waals surface area contributed by atoms with Crippen LogP contribution in [0.25, 0.3) is 22.2 Å². The standard InChI is InChI=1S/C22H22N6O3S/c23-20-18(22(29)25-14-7-8-14)19-21(27-17-4-2-1-3-16(17)26-19)28(20)12-11-13-5-9-15(10-6-13)32(24,30)31/h1-6,9-10,14H,7-8,11-12,23H2,(H,25,29)(H2,24,30,31). The zero-order valence-corrected chi connectivity index (χ0v) is 18.0. The molecule has 2 aromatic carbocycles. The summed E-state index contributed by atoms with van der Waals surface area (Å²) in [7, 11) is -3.74. The van der Waals surface area contributed by atoms with Crippen molar-refractivity contribution in [3.63, 3.8) is 0 Å². The largest absolute Gasteiger partial charge is 0.384 e. The Hall–Kier alpha value is -3.50. The van der Waals surface area contributed by atoms with Crippen LogP contribution < -0.4 is 16.2 Å². The number of benzene rings is 2. The highest BCUT2D eigenvalue weighted by Gasteiger charge is 2.29. The number of hydrogen-bond acceptors (Lipinski definition) is 6. The molecule has 0 saturated heterocycles. The van der Waals surface area contributed by atoms with Crippen molar-refractivity contribution in [1.82, 2.24) is 19.9 Å². The fourth-order valence-electron chi connectivity index (χ4n) is 3.74. The van der Waals surface area contributed by atoms with E-state index in [1.807, 2.05) is 24.3 Å². The second-order valence-corrected chi connectivity index (χ2v) is 9.54. The number of amides is 1. The normalized spacial score (nSPS) is 14.2. The summed E-state index contributed by atoms with van der Waals surface area (Å²) >= 11 is 0. The average Bonchev–Trinajstić information content (AvgIpc) is 3.53. The Morgan fingerprint density at radius 1 is 1.06 bits per heavy atom. The number of sulfonamides is 1. The fourth-order valence-corrected chi connectivity index (χ4v) is 4.25. The summed E-state index contributed by atoms with van der Waals surface area (Å²) in [5.74, 6) is 0.0745. The van der Waals surface area contributed by atoms with Gasteiger partial charge in [0.2, 0.25) is 10.0 Å². The Labute approximate surface area is 184 Å². The summed E-state index contributed by atoms with van der Waals surface area (Å²) in [5.41, 5.74) is 10.1. The summed E-state index contributed by atoms with van der Waals surface area (Å²) < 4.78 is 24.7. The third-order valence-corrected chi connectivity index (χ3v) is 6.54. The highest BCUT2D eigenvalue weighted by Crippen LogP contribution is 2.29. The van der Waals surface area contributed by atoms with Crippen molar-refractivity contribution in [2.24, 2.45) is 5.14 Å². The minimum atomic E-state index is -3.74. The second kappa shape index (κ2) is 7.57. The maximum Gasteiger partial charge on any atom is 0.257 e. The van der Waals surface area contributed by atoms with Crippen LogP contribution in [0.5, 0.6) is 0 Å². The molecule has 4 aromatic rings. The average molecular weight is 451 g/mol. The lowest BCUT2D eigenvalue weighted by atomic mass is 10.1. The van der Waals surface area contributed by atoms with Crippen LogP contribution in [0.4, 0.5) is 5.82 Å². The molecule has 1 aliphatic rings. The van der Waals surface area contributed by atoms with Crippen molar-refractivity contribution < 1.29 is 13.2 Å². The number of carbonyl (C=O) groups is 1. The lowest BCUT2D eigenvalue weighted by Gasteiger charge is -2.09. The van der Waals surface area contributed by atoms with Gasteiger partial charge in [-0.2, -0.15) is 0 Å². The molecule has 32 heavy (non-hydrogen) atoms. The van der Waals surface area contributed by atoms with Crippen molar-refractivity contribution in [3.8, 4) is 0 Å². The minimum Gasteiger partial charge on any atom is -0.384 e. The molecule has 0 aliphatic heterocycles. The van der Waals surface area contributed by atoms with Crippen LogP contribution in [0.1, 0.15) is 28.8 Å². The predicted octanol–water partition coefficient (Wildman–Crippen LogP) is 1.95. The monoisotopic (exact) mass is 450 g/mol. The van der Waals surface area contributed by atoms with Crippen LogP contribution >= 0.6 is 0 Å². The number of nitrogens with two attached hydrogens (primary N) is 2. The van der Waals surface area contributed by atoms with Gasteiger partial charge in [-0.15, -0.1) is 0 Å². The number of carbonyl (C=O) groups excluding carboxylic acids is 1. The quantitative estimate of drug-likeness (QED) is 0.409. The van der Waals surface area contributed by atoms with Gasteiger partial charge >= 0.3 is 0 Å². The molecule has 5 N–H and O–H groups in total. The first-order valence-electron chi connectivity index (χ1n) is 10.3. The molecule has 2 aromatic heterocycles. The van der Waals surface area contributed by atoms with E-state index in [0.717, 1.165) is 18.4 Å². The van der Waals surface area contributed by atoms with Crippen molar-refractivity contribution in [3.05, 3.63) is 59.7 Å². The highest BCUT2D eigenvalue weighted by atomic mass is 32.2. The third kappa shape index (κ3) is 3.78. The predicted molar refractivity (Wildman–Crippen MR) is 121 cm³/mol. The Kier molecular flexibility index (Phi) is 4.83. The van der Waals surface area contributed by atoms with Crippen LogP contribution in [0.15, 0.2) is 53.4 Å². The zero-order chi connectivity index (χ0) is 22.5. The molecule has 0 spiro atoms. The molecule has 9 nitrogen and oxygen atoms in total. The van der Waals surface area contributed by atoms with Gasteiger partial charge in [0, 0.05) is 12.6 Å². The number of aryl methyl sites for hydroxylation is 2. The number of hydrogen-bond donors (Lipinski definition) is 3. The van der Waals surface area contributed by atoms with Crippen molar-refractivity contribution in [2.75, 3.05) is 5.73 Å². The Bertz CT molecular complexity index is 1460. The summed E-state index contributed by atoms with van der Waals surface area (Å²) in [6.07, 6.45) is 2.48. The van der Waals surface area contributed by atoms with E-state index >= 15 is 0 Å². The lowest BCUT2D eigenvalue weighted by Crippen LogP contribution is -2.26. The molecule has 0 unspecified atom stereocenters. The first-order chi connectivity index (χ1) is 15.3. The molecule has 1 aliphatic carbocycles. The number of aromatic nitrogens is 3. The SMILES string of the molecule is Nc1c(C(=O)NC2CC2)c2nc3ccccc3nc2n1CCc1ccc(S(N)(=O)=O)cc1. The Balaban J connectivity index is 1.54. The molecule has 1 fully saturated rings. The lowest BCUT2D eigenvalue weighted by molar-refractivity contribution is 0.0953. The van der Waals surface area contributed by atoms with E-state index in [4.69, 9.17) is 20.8 Å². The van der Waals surface area contributed by atoms with E-state index in [0.29, 0.717) is 46.5 Å². The number of primary sulfonamides is 1. The Morgan fingerprint density at radius 3 is 2.34 bits per heavy atom. The number of nitrogen functional groups attached to an aromatic ring is 1. The van der Waals surface area contributed by atoms with E-state index in [1.54, 1.807) is 16.7 Å². The molecule has 5 rings (SSSR count). The zero-order valence-electron chi connectivity index (χ0n) is 17.2. The van der Waals surface area contributed by atoms with E-state index in [-0.39, 0.29) is 16.8 Å². The molecule has 1 amide bonds.